The predicted octanol–water partition coefficient (Wildman–Crippen LogP) is 3.40. The Morgan fingerprint density at radius 2 is 1.00 bits per heavy atom. The van der Waals surface area contributed by atoms with Crippen LogP contribution in [0.4, 0.5) is 0 Å². The Kier molecular flexibility index (Phi) is 7.08. The van der Waals surface area contributed by atoms with E-state index >= 15 is 0 Å². The summed E-state index contributed by atoms with van der Waals surface area (Å²) in [5, 5.41) is 10.7. The minimum absolute atomic E-state index is 0.198. The number of hydrogen-bond donors (Lipinski definition) is 4. The molecule has 0 aliphatic heterocycles. The van der Waals surface area contributed by atoms with Crippen molar-refractivity contribution in [3.05, 3.63) is 28.8 Å². The molecule has 4 nitrogen and oxygen atoms in total. The summed E-state index contributed by atoms with van der Waals surface area (Å²) >= 11 is 0. The maximum absolute atomic E-state index is 10.7. The topological polar surface area (TPSA) is 98.3 Å². The Labute approximate surface area is 154 Å². The molecule has 0 amide bonds. The monoisotopic (exact) mass is 349 g/mol. The predicted molar refractivity (Wildman–Crippen MR) is 108 cm³/mol. The van der Waals surface area contributed by atoms with Crippen LogP contribution in [0.25, 0.3) is 0 Å². The minimum Gasteiger partial charge on any atom is -0.507 e. The normalized spacial score (nSPS) is 13.3. The van der Waals surface area contributed by atoms with Gasteiger partial charge in [0.1, 0.15) is 5.75 Å². The molecule has 7 N–H and O–H groups in total. The highest BCUT2D eigenvalue weighted by Gasteiger charge is 2.18. The van der Waals surface area contributed by atoms with Crippen molar-refractivity contribution in [2.75, 3.05) is 0 Å². The van der Waals surface area contributed by atoms with E-state index in [4.69, 9.17) is 17.2 Å². The van der Waals surface area contributed by atoms with Crippen molar-refractivity contribution in [1.82, 2.24) is 0 Å². The van der Waals surface area contributed by atoms with Crippen molar-refractivity contribution >= 4 is 0 Å². The van der Waals surface area contributed by atoms with Crippen LogP contribution >= 0.6 is 0 Å². The number of hydrogen-bond acceptors (Lipinski definition) is 4. The molecule has 4 heteroatoms. The van der Waals surface area contributed by atoms with E-state index in [2.05, 4.69) is 12.1 Å². The Morgan fingerprint density at radius 1 is 0.680 bits per heavy atom. The van der Waals surface area contributed by atoms with Crippen LogP contribution in [0.3, 0.4) is 0 Å². The second-order valence-corrected chi connectivity index (χ2v) is 9.73. The first kappa shape index (κ1) is 21.9. The number of aryl methyl sites for hydroxylation is 3. The zero-order valence-electron chi connectivity index (χ0n) is 17.1. The van der Waals surface area contributed by atoms with E-state index in [9.17, 15) is 5.11 Å². The lowest BCUT2D eigenvalue weighted by molar-refractivity contribution is 0.434. The molecule has 25 heavy (non-hydrogen) atoms. The molecule has 0 aromatic heterocycles. The third kappa shape index (κ3) is 9.24. The lowest BCUT2D eigenvalue weighted by Gasteiger charge is -2.22. The van der Waals surface area contributed by atoms with Gasteiger partial charge in [0, 0.05) is 16.6 Å². The van der Waals surface area contributed by atoms with Gasteiger partial charge in [0.15, 0.2) is 0 Å². The van der Waals surface area contributed by atoms with Gasteiger partial charge in [0.25, 0.3) is 0 Å². The minimum atomic E-state index is -0.249. The lowest BCUT2D eigenvalue weighted by Crippen LogP contribution is -2.32. The first-order valence-corrected chi connectivity index (χ1v) is 9.37. The van der Waals surface area contributed by atoms with Gasteiger partial charge in [-0.15, -0.1) is 0 Å². The number of nitrogens with two attached hydrogens (primary N) is 3. The molecular formula is C21H39N3O. The van der Waals surface area contributed by atoms with Gasteiger partial charge in [-0.05, 0) is 96.8 Å². The van der Waals surface area contributed by atoms with Crippen LogP contribution in [-0.4, -0.2) is 21.7 Å². The maximum Gasteiger partial charge on any atom is 0.121 e. The van der Waals surface area contributed by atoms with E-state index in [0.717, 1.165) is 49.7 Å². The number of phenols is 1. The SMILES string of the molecule is CC(C)(N)CCc1cc(CCC(C)(C)N)c(O)c(CCC(C)(C)N)c1. The summed E-state index contributed by atoms with van der Waals surface area (Å²) in [5.41, 5.74) is 20.9. The second kappa shape index (κ2) is 8.07. The highest BCUT2D eigenvalue weighted by molar-refractivity contribution is 5.44. The van der Waals surface area contributed by atoms with E-state index in [1.54, 1.807) is 0 Å². The van der Waals surface area contributed by atoms with Gasteiger partial charge in [0.05, 0.1) is 0 Å². The summed E-state index contributed by atoms with van der Waals surface area (Å²) in [6.07, 6.45) is 5.01. The van der Waals surface area contributed by atoms with Crippen molar-refractivity contribution in [2.24, 2.45) is 17.2 Å². The molecule has 0 saturated heterocycles. The van der Waals surface area contributed by atoms with Crippen LogP contribution in [0.15, 0.2) is 12.1 Å². The first-order valence-electron chi connectivity index (χ1n) is 9.37. The molecule has 0 heterocycles. The quantitative estimate of drug-likeness (QED) is 0.549. The van der Waals surface area contributed by atoms with E-state index in [1.807, 2.05) is 41.5 Å². The summed E-state index contributed by atoms with van der Waals surface area (Å²) in [4.78, 5) is 0. The van der Waals surface area contributed by atoms with Crippen molar-refractivity contribution < 1.29 is 5.11 Å². The van der Waals surface area contributed by atoms with Gasteiger partial charge < -0.3 is 22.3 Å². The molecule has 1 aromatic carbocycles. The Hall–Kier alpha value is -1.10. The van der Waals surface area contributed by atoms with E-state index in [0.29, 0.717) is 5.75 Å². The Morgan fingerprint density at radius 3 is 1.32 bits per heavy atom. The molecule has 0 spiro atoms. The summed E-state index contributed by atoms with van der Waals surface area (Å²) < 4.78 is 0. The van der Waals surface area contributed by atoms with Gasteiger partial charge >= 0.3 is 0 Å². The second-order valence-electron chi connectivity index (χ2n) is 9.73. The van der Waals surface area contributed by atoms with Crippen molar-refractivity contribution in [3.63, 3.8) is 0 Å². The highest BCUT2D eigenvalue weighted by Crippen LogP contribution is 2.30. The molecule has 0 atom stereocenters. The summed E-state index contributed by atoms with van der Waals surface area (Å²) in [5.74, 6) is 0.407. The third-order valence-electron chi connectivity index (χ3n) is 4.46. The molecular weight excluding hydrogens is 310 g/mol. The van der Waals surface area contributed by atoms with Gasteiger partial charge in [-0.3, -0.25) is 0 Å². The van der Waals surface area contributed by atoms with Gasteiger partial charge in [-0.25, -0.2) is 0 Å². The van der Waals surface area contributed by atoms with Crippen LogP contribution < -0.4 is 17.2 Å². The van der Waals surface area contributed by atoms with Crippen LogP contribution in [0.5, 0.6) is 5.75 Å². The molecule has 1 rings (SSSR count). The fraction of sp³-hybridized carbons (Fsp3) is 0.714. The number of benzene rings is 1. The average Bonchev–Trinajstić information content (AvgIpc) is 2.40. The summed E-state index contributed by atoms with van der Waals surface area (Å²) in [7, 11) is 0. The number of phenolic OH excluding ortho intramolecular Hbond substituents is 1. The molecule has 144 valence electrons. The fourth-order valence-corrected chi connectivity index (χ4v) is 2.74. The fourth-order valence-electron chi connectivity index (χ4n) is 2.74. The number of aromatic hydroxyl groups is 1. The standard InChI is InChI=1S/C21H39N3O/c1-19(2,22)10-7-15-13-16(8-11-20(3,4)23)18(25)17(14-15)9-12-21(5,6)24/h13-14,25H,7-12,22-24H2,1-6H3. The highest BCUT2D eigenvalue weighted by atomic mass is 16.3. The third-order valence-corrected chi connectivity index (χ3v) is 4.46. The zero-order chi connectivity index (χ0) is 19.5. The Balaban J connectivity index is 3.07. The maximum atomic E-state index is 10.7. The van der Waals surface area contributed by atoms with Crippen LogP contribution in [0.1, 0.15) is 77.5 Å². The average molecular weight is 350 g/mol. The molecule has 0 radical (unpaired) electrons. The van der Waals surface area contributed by atoms with Crippen molar-refractivity contribution in [1.29, 1.82) is 0 Å². The van der Waals surface area contributed by atoms with Gasteiger partial charge in [0.2, 0.25) is 0 Å². The number of rotatable bonds is 9. The smallest absolute Gasteiger partial charge is 0.121 e. The molecule has 0 fully saturated rings. The molecule has 0 bridgehead atoms. The van der Waals surface area contributed by atoms with Crippen molar-refractivity contribution in [3.8, 4) is 5.75 Å². The molecule has 0 aliphatic carbocycles. The molecule has 0 aliphatic rings. The molecule has 0 unspecified atom stereocenters. The van der Waals surface area contributed by atoms with E-state index in [1.165, 1.54) is 5.56 Å². The summed E-state index contributed by atoms with van der Waals surface area (Å²) in [6.45, 7) is 12.2. The van der Waals surface area contributed by atoms with E-state index in [-0.39, 0.29) is 16.6 Å². The van der Waals surface area contributed by atoms with Crippen LogP contribution in [-0.2, 0) is 19.3 Å². The lowest BCUT2D eigenvalue weighted by atomic mass is 9.88. The molecule has 1 aromatic rings. The Bertz CT molecular complexity index is 521. The first-order chi connectivity index (χ1) is 11.2. The van der Waals surface area contributed by atoms with Crippen molar-refractivity contribution in [2.45, 2.75) is 96.7 Å². The summed E-state index contributed by atoms with van der Waals surface area (Å²) in [6, 6.07) is 4.23. The van der Waals surface area contributed by atoms with Gasteiger partial charge in [-0.2, -0.15) is 0 Å². The largest absolute Gasteiger partial charge is 0.507 e. The zero-order valence-corrected chi connectivity index (χ0v) is 17.1. The van der Waals surface area contributed by atoms with Gasteiger partial charge in [-0.1, -0.05) is 12.1 Å². The van der Waals surface area contributed by atoms with Crippen LogP contribution in [0, 0.1) is 0 Å². The molecule has 0 saturated carbocycles. The van der Waals surface area contributed by atoms with Crippen LogP contribution in [0.2, 0.25) is 0 Å². The van der Waals surface area contributed by atoms with E-state index < -0.39 is 0 Å².